The molecule has 1 heterocycles. The van der Waals surface area contributed by atoms with Crippen LogP contribution >= 0.6 is 12.2 Å². The number of carbonyl (C=O) groups is 1. The van der Waals surface area contributed by atoms with Gasteiger partial charge >= 0.3 is 0 Å². The van der Waals surface area contributed by atoms with E-state index in [0.29, 0.717) is 17.5 Å². The van der Waals surface area contributed by atoms with Gasteiger partial charge in [-0.2, -0.15) is 0 Å². The number of hydrogen-bond acceptors (Lipinski definition) is 3. The van der Waals surface area contributed by atoms with Gasteiger partial charge in [0.1, 0.15) is 0 Å². The highest BCUT2D eigenvalue weighted by molar-refractivity contribution is 7.80. The lowest BCUT2D eigenvalue weighted by Gasteiger charge is -2.34. The Morgan fingerprint density at radius 2 is 2.12 bits per heavy atom. The van der Waals surface area contributed by atoms with Gasteiger partial charge in [0.2, 0.25) is 5.91 Å². The summed E-state index contributed by atoms with van der Waals surface area (Å²) in [5.41, 5.74) is 5.74. The van der Waals surface area contributed by atoms with E-state index in [-0.39, 0.29) is 11.9 Å². The van der Waals surface area contributed by atoms with Crippen LogP contribution < -0.4 is 11.1 Å². The van der Waals surface area contributed by atoms with Crippen molar-refractivity contribution in [3.8, 4) is 0 Å². The van der Waals surface area contributed by atoms with Crippen LogP contribution in [-0.2, 0) is 4.79 Å². The van der Waals surface area contributed by atoms with Gasteiger partial charge in [-0.05, 0) is 32.2 Å². The van der Waals surface area contributed by atoms with Gasteiger partial charge in [-0.15, -0.1) is 0 Å². The highest BCUT2D eigenvalue weighted by Gasteiger charge is 2.26. The molecule has 1 atom stereocenters. The maximum Gasteiger partial charge on any atom is 0.221 e. The highest BCUT2D eigenvalue weighted by atomic mass is 32.1. The summed E-state index contributed by atoms with van der Waals surface area (Å²) >= 11 is 5.09. The van der Waals surface area contributed by atoms with Gasteiger partial charge in [-0.3, -0.25) is 9.69 Å². The molecule has 0 radical (unpaired) electrons. The van der Waals surface area contributed by atoms with Crippen molar-refractivity contribution in [1.82, 2.24) is 10.2 Å². The Morgan fingerprint density at radius 1 is 1.35 bits per heavy atom. The van der Waals surface area contributed by atoms with E-state index < -0.39 is 0 Å². The molecular weight excluding hydrogens is 234 g/mol. The third kappa shape index (κ3) is 3.92. The Kier molecular flexibility index (Phi) is 4.34. The largest absolute Gasteiger partial charge is 0.392 e. The summed E-state index contributed by atoms with van der Waals surface area (Å²) < 4.78 is 0. The molecule has 1 saturated heterocycles. The van der Waals surface area contributed by atoms with Crippen molar-refractivity contribution >= 4 is 23.1 Å². The van der Waals surface area contributed by atoms with Gasteiger partial charge < -0.3 is 11.1 Å². The normalized spacial score (nSPS) is 25.5. The molecule has 0 aromatic rings. The molecule has 2 aliphatic rings. The average Bonchev–Trinajstić information content (AvgIpc) is 3.10. The zero-order valence-corrected chi connectivity index (χ0v) is 11.0. The van der Waals surface area contributed by atoms with Crippen molar-refractivity contribution in [1.29, 1.82) is 0 Å². The van der Waals surface area contributed by atoms with E-state index in [0.717, 1.165) is 32.4 Å². The molecule has 0 aromatic heterocycles. The molecule has 4 nitrogen and oxygen atoms in total. The zero-order valence-electron chi connectivity index (χ0n) is 10.2. The van der Waals surface area contributed by atoms with Gasteiger partial charge in [-0.25, -0.2) is 0 Å². The summed E-state index contributed by atoms with van der Waals surface area (Å²) in [6, 6.07) is 0.655. The topological polar surface area (TPSA) is 58.4 Å². The maximum atomic E-state index is 11.6. The maximum absolute atomic E-state index is 11.6. The summed E-state index contributed by atoms with van der Waals surface area (Å²) in [4.78, 5) is 14.4. The van der Waals surface area contributed by atoms with Gasteiger partial charge in [0.05, 0.1) is 11.0 Å². The molecule has 1 amide bonds. The highest BCUT2D eigenvalue weighted by Crippen LogP contribution is 2.19. The Labute approximate surface area is 108 Å². The molecule has 0 spiro atoms. The first-order valence-electron chi connectivity index (χ1n) is 6.49. The SMILES string of the molecule is NC(=S)C1CCCCN1CCC(=O)NC1CC1. The van der Waals surface area contributed by atoms with E-state index in [1.807, 2.05) is 0 Å². The smallest absolute Gasteiger partial charge is 0.221 e. The Bertz CT molecular complexity index is 304. The molecule has 1 unspecified atom stereocenters. The number of carbonyl (C=O) groups excluding carboxylic acids is 1. The first-order chi connectivity index (χ1) is 8.16. The number of nitrogens with zero attached hydrogens (tertiary/aromatic N) is 1. The Hall–Kier alpha value is -0.680. The van der Waals surface area contributed by atoms with Gasteiger partial charge in [0.15, 0.2) is 0 Å². The molecule has 17 heavy (non-hydrogen) atoms. The predicted octanol–water partition coefficient (Wildman–Crippen LogP) is 0.796. The number of nitrogens with two attached hydrogens (primary N) is 1. The first kappa shape index (κ1) is 12.8. The van der Waals surface area contributed by atoms with Crippen molar-refractivity contribution in [2.24, 2.45) is 5.73 Å². The molecule has 1 aliphatic carbocycles. The standard InChI is InChI=1S/C12H21N3OS/c13-12(17)10-3-1-2-7-15(10)8-6-11(16)14-9-4-5-9/h9-10H,1-8H2,(H2,13,17)(H,14,16). The second kappa shape index (κ2) is 5.78. The number of amides is 1. The Morgan fingerprint density at radius 3 is 2.76 bits per heavy atom. The lowest BCUT2D eigenvalue weighted by atomic mass is 10.0. The fourth-order valence-corrected chi connectivity index (χ4v) is 2.62. The minimum Gasteiger partial charge on any atom is -0.392 e. The molecular formula is C12H21N3OS. The molecule has 0 bridgehead atoms. The van der Waals surface area contributed by atoms with Crippen LogP contribution in [-0.4, -0.2) is 41.0 Å². The average molecular weight is 255 g/mol. The summed E-state index contributed by atoms with van der Waals surface area (Å²) in [5, 5.41) is 3.01. The third-order valence-corrected chi connectivity index (χ3v) is 3.78. The fourth-order valence-electron chi connectivity index (χ4n) is 2.35. The van der Waals surface area contributed by atoms with Crippen molar-refractivity contribution in [2.75, 3.05) is 13.1 Å². The fraction of sp³-hybridized carbons (Fsp3) is 0.833. The molecule has 1 saturated carbocycles. The van der Waals surface area contributed by atoms with Gasteiger partial charge in [0, 0.05) is 19.0 Å². The molecule has 2 fully saturated rings. The van der Waals surface area contributed by atoms with Gasteiger partial charge in [-0.1, -0.05) is 18.6 Å². The van der Waals surface area contributed by atoms with Crippen LogP contribution in [0, 0.1) is 0 Å². The van der Waals surface area contributed by atoms with E-state index in [2.05, 4.69) is 10.2 Å². The molecule has 3 N–H and O–H groups in total. The van der Waals surface area contributed by atoms with Crippen LogP contribution in [0.15, 0.2) is 0 Å². The summed E-state index contributed by atoms with van der Waals surface area (Å²) in [6.07, 6.45) is 6.27. The van der Waals surface area contributed by atoms with Crippen molar-refractivity contribution in [2.45, 2.75) is 50.6 Å². The molecule has 5 heteroatoms. The van der Waals surface area contributed by atoms with Crippen LogP contribution in [0.1, 0.15) is 38.5 Å². The van der Waals surface area contributed by atoms with E-state index >= 15 is 0 Å². The van der Waals surface area contributed by atoms with Gasteiger partial charge in [0.25, 0.3) is 0 Å². The van der Waals surface area contributed by atoms with Crippen molar-refractivity contribution in [3.63, 3.8) is 0 Å². The number of rotatable bonds is 5. The summed E-state index contributed by atoms with van der Waals surface area (Å²) in [5.74, 6) is 0.166. The lowest BCUT2D eigenvalue weighted by Crippen LogP contribution is -2.48. The number of thiocarbonyl (C=S) groups is 1. The monoisotopic (exact) mass is 255 g/mol. The van der Waals surface area contributed by atoms with Crippen LogP contribution in [0.25, 0.3) is 0 Å². The third-order valence-electron chi connectivity index (χ3n) is 3.51. The lowest BCUT2D eigenvalue weighted by molar-refractivity contribution is -0.121. The predicted molar refractivity (Wildman–Crippen MR) is 71.8 cm³/mol. The number of piperidine rings is 1. The van der Waals surface area contributed by atoms with Crippen LogP contribution in [0.5, 0.6) is 0 Å². The minimum absolute atomic E-state index is 0.166. The second-order valence-corrected chi connectivity index (χ2v) is 5.51. The van der Waals surface area contributed by atoms with Crippen LogP contribution in [0.4, 0.5) is 0 Å². The molecule has 1 aliphatic heterocycles. The van der Waals surface area contributed by atoms with E-state index in [1.165, 1.54) is 12.8 Å². The summed E-state index contributed by atoms with van der Waals surface area (Å²) in [7, 11) is 0. The number of likely N-dealkylation sites (tertiary alicyclic amines) is 1. The van der Waals surface area contributed by atoms with Crippen molar-refractivity contribution in [3.05, 3.63) is 0 Å². The van der Waals surface area contributed by atoms with Crippen molar-refractivity contribution < 1.29 is 4.79 Å². The van der Waals surface area contributed by atoms with Crippen LogP contribution in [0.2, 0.25) is 0 Å². The Balaban J connectivity index is 1.75. The molecule has 2 rings (SSSR count). The number of nitrogens with one attached hydrogen (secondary N) is 1. The quantitative estimate of drug-likeness (QED) is 0.713. The minimum atomic E-state index is 0.166. The van der Waals surface area contributed by atoms with E-state index in [9.17, 15) is 4.79 Å². The molecule has 96 valence electrons. The van der Waals surface area contributed by atoms with E-state index in [1.54, 1.807) is 0 Å². The second-order valence-electron chi connectivity index (χ2n) is 5.04. The van der Waals surface area contributed by atoms with E-state index in [4.69, 9.17) is 18.0 Å². The number of hydrogen-bond donors (Lipinski definition) is 2. The molecule has 0 aromatic carbocycles. The summed E-state index contributed by atoms with van der Waals surface area (Å²) in [6.45, 7) is 1.79. The zero-order chi connectivity index (χ0) is 12.3. The van der Waals surface area contributed by atoms with Crippen LogP contribution in [0.3, 0.4) is 0 Å². The first-order valence-corrected chi connectivity index (χ1v) is 6.90.